The summed E-state index contributed by atoms with van der Waals surface area (Å²) >= 11 is 0. The molecule has 1 saturated heterocycles. The van der Waals surface area contributed by atoms with Gasteiger partial charge in [0.05, 0.1) is 12.0 Å². The summed E-state index contributed by atoms with van der Waals surface area (Å²) in [5, 5.41) is 5.26. The van der Waals surface area contributed by atoms with Gasteiger partial charge in [-0.1, -0.05) is 31.2 Å². The van der Waals surface area contributed by atoms with E-state index in [9.17, 15) is 14.4 Å². The van der Waals surface area contributed by atoms with Crippen molar-refractivity contribution in [2.45, 2.75) is 38.5 Å². The molecule has 1 atom stereocenters. The van der Waals surface area contributed by atoms with E-state index in [0.29, 0.717) is 31.6 Å². The molecule has 6 heteroatoms. The van der Waals surface area contributed by atoms with E-state index in [1.807, 2.05) is 50.2 Å². The molecule has 2 N–H and O–H groups in total. The van der Waals surface area contributed by atoms with Crippen LogP contribution in [0.15, 0.2) is 54.6 Å². The molecule has 3 amide bonds. The number of amides is 3. The Kier molecular flexibility index (Phi) is 6.67. The summed E-state index contributed by atoms with van der Waals surface area (Å²) in [6.07, 6.45) is 4.62. The predicted octanol–water partition coefficient (Wildman–Crippen LogP) is 3.82. The second-order valence-electron chi connectivity index (χ2n) is 7.21. The van der Waals surface area contributed by atoms with Crippen LogP contribution in [0.25, 0.3) is 6.08 Å². The van der Waals surface area contributed by atoms with Crippen molar-refractivity contribution in [1.29, 1.82) is 0 Å². The lowest BCUT2D eigenvalue weighted by atomic mass is 9.72. The van der Waals surface area contributed by atoms with Crippen molar-refractivity contribution in [2.75, 3.05) is 11.9 Å². The highest BCUT2D eigenvalue weighted by atomic mass is 16.5. The van der Waals surface area contributed by atoms with Crippen LogP contribution in [-0.2, 0) is 19.8 Å². The second-order valence-corrected chi connectivity index (χ2v) is 7.21. The fraction of sp³-hybridized carbons (Fsp3) is 0.292. The Balaban J connectivity index is 1.64. The minimum absolute atomic E-state index is 0.229. The molecule has 2 aromatic carbocycles. The molecule has 0 aromatic heterocycles. The van der Waals surface area contributed by atoms with Crippen molar-refractivity contribution in [2.24, 2.45) is 0 Å². The van der Waals surface area contributed by atoms with E-state index in [0.717, 1.165) is 16.9 Å². The summed E-state index contributed by atoms with van der Waals surface area (Å²) in [4.78, 5) is 36.2. The topological polar surface area (TPSA) is 84.5 Å². The largest absolute Gasteiger partial charge is 0.494 e. The van der Waals surface area contributed by atoms with Gasteiger partial charge in [-0.15, -0.1) is 0 Å². The number of carbonyl (C=O) groups excluding carboxylic acids is 3. The predicted molar refractivity (Wildman–Crippen MR) is 116 cm³/mol. The second kappa shape index (κ2) is 9.39. The highest BCUT2D eigenvalue weighted by molar-refractivity contribution is 6.04. The molecule has 0 radical (unpaired) electrons. The van der Waals surface area contributed by atoms with Crippen molar-refractivity contribution < 1.29 is 19.1 Å². The van der Waals surface area contributed by atoms with Gasteiger partial charge in [0.15, 0.2) is 0 Å². The minimum atomic E-state index is -0.704. The van der Waals surface area contributed by atoms with E-state index in [4.69, 9.17) is 4.74 Å². The standard InChI is InChI=1S/C24H26N2O4/c1-3-24(16-15-22(28)26-23(24)29)18-8-10-19(11-9-18)25-21(27)14-7-17-5-12-20(13-6-17)30-4-2/h5-14H,3-4,15-16H2,1-2H3,(H,25,27)(H,26,28,29). The Labute approximate surface area is 176 Å². The molecule has 0 aliphatic carbocycles. The lowest BCUT2D eigenvalue weighted by molar-refractivity contribution is -0.138. The first kappa shape index (κ1) is 21.3. The highest BCUT2D eigenvalue weighted by Crippen LogP contribution is 2.36. The van der Waals surface area contributed by atoms with E-state index < -0.39 is 5.41 Å². The maximum absolute atomic E-state index is 12.5. The molecule has 3 rings (SSSR count). The van der Waals surface area contributed by atoms with Crippen LogP contribution < -0.4 is 15.4 Å². The molecule has 0 saturated carbocycles. The van der Waals surface area contributed by atoms with Gasteiger partial charge in [-0.05, 0) is 61.2 Å². The van der Waals surface area contributed by atoms with Crippen LogP contribution in [0.2, 0.25) is 0 Å². The van der Waals surface area contributed by atoms with Crippen LogP contribution in [0, 0.1) is 0 Å². The molecule has 1 aliphatic rings. The van der Waals surface area contributed by atoms with E-state index in [-0.39, 0.29) is 17.7 Å². The zero-order valence-corrected chi connectivity index (χ0v) is 17.2. The zero-order valence-electron chi connectivity index (χ0n) is 17.2. The average molecular weight is 406 g/mol. The molecule has 30 heavy (non-hydrogen) atoms. The van der Waals surface area contributed by atoms with Crippen LogP contribution in [0.1, 0.15) is 44.2 Å². The number of benzene rings is 2. The number of anilines is 1. The lowest BCUT2D eigenvalue weighted by Gasteiger charge is -2.35. The van der Waals surface area contributed by atoms with Gasteiger partial charge < -0.3 is 10.1 Å². The van der Waals surface area contributed by atoms with E-state index in [1.165, 1.54) is 6.08 Å². The molecular formula is C24H26N2O4. The average Bonchev–Trinajstić information content (AvgIpc) is 2.75. The van der Waals surface area contributed by atoms with E-state index in [1.54, 1.807) is 18.2 Å². The molecule has 1 heterocycles. The molecule has 156 valence electrons. The number of nitrogens with one attached hydrogen (secondary N) is 2. The fourth-order valence-electron chi connectivity index (χ4n) is 3.64. The molecule has 2 aromatic rings. The normalized spacial score (nSPS) is 18.9. The summed E-state index contributed by atoms with van der Waals surface area (Å²) in [7, 11) is 0. The van der Waals surface area contributed by atoms with Crippen molar-refractivity contribution in [3.05, 3.63) is 65.7 Å². The summed E-state index contributed by atoms with van der Waals surface area (Å²) < 4.78 is 5.40. The molecule has 1 unspecified atom stereocenters. The number of ether oxygens (including phenoxy) is 1. The maximum Gasteiger partial charge on any atom is 0.248 e. The van der Waals surface area contributed by atoms with Crippen LogP contribution in [-0.4, -0.2) is 24.3 Å². The van der Waals surface area contributed by atoms with Crippen molar-refractivity contribution in [3.63, 3.8) is 0 Å². The lowest BCUT2D eigenvalue weighted by Crippen LogP contribution is -2.51. The molecule has 6 nitrogen and oxygen atoms in total. The first-order valence-electron chi connectivity index (χ1n) is 10.1. The molecule has 0 bridgehead atoms. The number of piperidine rings is 1. The Morgan fingerprint density at radius 3 is 2.40 bits per heavy atom. The molecule has 0 spiro atoms. The quantitative estimate of drug-likeness (QED) is 0.541. The number of rotatable bonds is 7. The van der Waals surface area contributed by atoms with Crippen molar-refractivity contribution in [1.82, 2.24) is 5.32 Å². The van der Waals surface area contributed by atoms with Crippen molar-refractivity contribution >= 4 is 29.5 Å². The van der Waals surface area contributed by atoms with Gasteiger partial charge in [0.25, 0.3) is 0 Å². The maximum atomic E-state index is 12.5. The van der Waals surface area contributed by atoms with Gasteiger partial charge in [0.1, 0.15) is 5.75 Å². The van der Waals surface area contributed by atoms with E-state index >= 15 is 0 Å². The number of carbonyl (C=O) groups is 3. The number of hydrogen-bond donors (Lipinski definition) is 2. The SMILES string of the molecule is CCOc1ccc(C=CC(=O)Nc2ccc(C3(CC)CCC(=O)NC3=O)cc2)cc1. The van der Waals surface area contributed by atoms with Gasteiger partial charge in [0.2, 0.25) is 17.7 Å². The van der Waals surface area contributed by atoms with Crippen LogP contribution in [0.3, 0.4) is 0 Å². The molecular weight excluding hydrogens is 380 g/mol. The summed E-state index contributed by atoms with van der Waals surface area (Å²) in [6.45, 7) is 4.48. The van der Waals surface area contributed by atoms with Gasteiger partial charge >= 0.3 is 0 Å². The minimum Gasteiger partial charge on any atom is -0.494 e. The van der Waals surface area contributed by atoms with Crippen molar-refractivity contribution in [3.8, 4) is 5.75 Å². The number of hydrogen-bond acceptors (Lipinski definition) is 4. The number of imide groups is 1. The Hall–Kier alpha value is -3.41. The Morgan fingerprint density at radius 2 is 1.80 bits per heavy atom. The first-order valence-corrected chi connectivity index (χ1v) is 10.1. The zero-order chi connectivity index (χ0) is 21.6. The van der Waals surface area contributed by atoms with Gasteiger partial charge in [-0.3, -0.25) is 19.7 Å². The smallest absolute Gasteiger partial charge is 0.248 e. The first-order chi connectivity index (χ1) is 14.5. The third-order valence-electron chi connectivity index (χ3n) is 5.39. The molecule has 1 aliphatic heterocycles. The van der Waals surface area contributed by atoms with Crippen LogP contribution in [0.5, 0.6) is 5.75 Å². The van der Waals surface area contributed by atoms with Gasteiger partial charge in [0, 0.05) is 18.2 Å². The monoisotopic (exact) mass is 406 g/mol. The van der Waals surface area contributed by atoms with Crippen LogP contribution in [0.4, 0.5) is 5.69 Å². The van der Waals surface area contributed by atoms with Gasteiger partial charge in [-0.2, -0.15) is 0 Å². The Morgan fingerprint density at radius 1 is 1.10 bits per heavy atom. The molecule has 1 fully saturated rings. The van der Waals surface area contributed by atoms with E-state index in [2.05, 4.69) is 10.6 Å². The van der Waals surface area contributed by atoms with Gasteiger partial charge in [-0.25, -0.2) is 0 Å². The fourth-order valence-corrected chi connectivity index (χ4v) is 3.64. The summed E-state index contributed by atoms with van der Waals surface area (Å²) in [5.41, 5.74) is 1.67. The third-order valence-corrected chi connectivity index (χ3v) is 5.39. The summed E-state index contributed by atoms with van der Waals surface area (Å²) in [6, 6.07) is 14.7. The summed E-state index contributed by atoms with van der Waals surface area (Å²) in [5.74, 6) is 0.0616. The van der Waals surface area contributed by atoms with Crippen LogP contribution >= 0.6 is 0 Å². The third kappa shape index (κ3) is 4.76. The highest BCUT2D eigenvalue weighted by Gasteiger charge is 2.42. The Bertz CT molecular complexity index is 948.